The van der Waals surface area contributed by atoms with Crippen molar-refractivity contribution in [3.8, 4) is 0 Å². The summed E-state index contributed by atoms with van der Waals surface area (Å²) in [5.74, 6) is -0.715. The molecular weight excluding hydrogens is 318 g/mol. The summed E-state index contributed by atoms with van der Waals surface area (Å²) in [5.41, 5.74) is 1.76. The molecule has 6 nitrogen and oxygen atoms in total. The zero-order valence-electron chi connectivity index (χ0n) is 13.1. The second kappa shape index (κ2) is 7.19. The Kier molecular flexibility index (Phi) is 5.28. The highest BCUT2D eigenvalue weighted by Gasteiger charge is 2.18. The number of carbonyl (C=O) groups excluding carboxylic acids is 2. The Morgan fingerprint density at radius 3 is 2.61 bits per heavy atom. The van der Waals surface area contributed by atoms with Gasteiger partial charge in [-0.1, -0.05) is 11.6 Å². The van der Waals surface area contributed by atoms with Gasteiger partial charge in [0.25, 0.3) is 5.91 Å². The normalized spacial score (nSPS) is 11.7. The van der Waals surface area contributed by atoms with Crippen molar-refractivity contribution >= 4 is 34.8 Å². The van der Waals surface area contributed by atoms with Crippen LogP contribution in [0.1, 0.15) is 17.3 Å². The van der Waals surface area contributed by atoms with E-state index < -0.39 is 6.04 Å². The van der Waals surface area contributed by atoms with Crippen LogP contribution in [-0.2, 0) is 4.79 Å². The Hall–Kier alpha value is -2.47. The Labute approximate surface area is 139 Å². The predicted molar refractivity (Wildman–Crippen MR) is 90.0 cm³/mol. The van der Waals surface area contributed by atoms with Crippen LogP contribution in [0.3, 0.4) is 0 Å². The van der Waals surface area contributed by atoms with Gasteiger partial charge in [-0.05, 0) is 31.2 Å². The van der Waals surface area contributed by atoms with Gasteiger partial charge in [0.2, 0.25) is 5.91 Å². The molecule has 122 valence electrons. The number of rotatable bonds is 5. The second-order valence-corrected chi connectivity index (χ2v) is 5.69. The molecule has 1 heterocycles. The number of anilines is 2. The van der Waals surface area contributed by atoms with Gasteiger partial charge in [-0.15, -0.1) is 0 Å². The van der Waals surface area contributed by atoms with E-state index in [2.05, 4.69) is 10.6 Å². The van der Waals surface area contributed by atoms with Crippen molar-refractivity contribution in [2.45, 2.75) is 13.0 Å². The van der Waals surface area contributed by atoms with Crippen molar-refractivity contribution in [3.05, 3.63) is 47.4 Å². The zero-order valence-corrected chi connectivity index (χ0v) is 13.8. The van der Waals surface area contributed by atoms with E-state index >= 15 is 0 Å². The molecule has 2 rings (SSSR count). The summed E-state index contributed by atoms with van der Waals surface area (Å²) in [4.78, 5) is 26.1. The molecule has 1 unspecified atom stereocenters. The average Bonchev–Trinajstić information content (AvgIpc) is 3.01. The maximum absolute atomic E-state index is 12.3. The van der Waals surface area contributed by atoms with Crippen LogP contribution >= 0.6 is 11.6 Å². The SMILES string of the molecule is CC(NC(=O)c1ccoc1)C(=O)Nc1cc(Cl)ccc1N(C)C. The van der Waals surface area contributed by atoms with E-state index in [9.17, 15) is 9.59 Å². The van der Waals surface area contributed by atoms with E-state index in [1.807, 2.05) is 25.1 Å². The van der Waals surface area contributed by atoms with Crippen molar-refractivity contribution in [2.75, 3.05) is 24.3 Å². The largest absolute Gasteiger partial charge is 0.472 e. The summed E-state index contributed by atoms with van der Waals surface area (Å²) in [6.45, 7) is 1.60. The molecule has 1 aromatic carbocycles. The molecule has 0 fully saturated rings. The Morgan fingerprint density at radius 1 is 1.26 bits per heavy atom. The number of nitrogens with one attached hydrogen (secondary N) is 2. The fourth-order valence-corrected chi connectivity index (χ4v) is 2.15. The van der Waals surface area contributed by atoms with Crippen LogP contribution < -0.4 is 15.5 Å². The first-order valence-corrected chi connectivity index (χ1v) is 7.37. The number of hydrogen-bond donors (Lipinski definition) is 2. The van der Waals surface area contributed by atoms with Gasteiger partial charge >= 0.3 is 0 Å². The number of halogens is 1. The van der Waals surface area contributed by atoms with Crippen LogP contribution in [0.15, 0.2) is 41.2 Å². The average molecular weight is 336 g/mol. The molecule has 23 heavy (non-hydrogen) atoms. The smallest absolute Gasteiger partial charge is 0.255 e. The van der Waals surface area contributed by atoms with Crippen LogP contribution in [0.5, 0.6) is 0 Å². The molecule has 0 saturated carbocycles. The first-order chi connectivity index (χ1) is 10.9. The van der Waals surface area contributed by atoms with Gasteiger partial charge in [0, 0.05) is 19.1 Å². The lowest BCUT2D eigenvalue weighted by Crippen LogP contribution is -2.41. The molecule has 0 aliphatic rings. The molecule has 0 bridgehead atoms. The van der Waals surface area contributed by atoms with Crippen molar-refractivity contribution < 1.29 is 14.0 Å². The summed E-state index contributed by atoms with van der Waals surface area (Å²) in [6.07, 6.45) is 2.72. The predicted octanol–water partition coefficient (Wildman–Crippen LogP) is 2.76. The van der Waals surface area contributed by atoms with Crippen LogP contribution in [0.25, 0.3) is 0 Å². The minimum Gasteiger partial charge on any atom is -0.472 e. The molecule has 1 atom stereocenters. The standard InChI is InChI=1S/C16H18ClN3O3/c1-10(18-16(22)11-6-7-23-9-11)15(21)19-13-8-12(17)4-5-14(13)20(2)3/h4-10H,1-3H3,(H,18,22)(H,19,21). The van der Waals surface area contributed by atoms with Crippen molar-refractivity contribution in [3.63, 3.8) is 0 Å². The maximum Gasteiger partial charge on any atom is 0.255 e. The summed E-state index contributed by atoms with van der Waals surface area (Å²) < 4.78 is 4.85. The van der Waals surface area contributed by atoms with Crippen LogP contribution in [0, 0.1) is 0 Å². The van der Waals surface area contributed by atoms with E-state index in [1.54, 1.807) is 19.1 Å². The fraction of sp³-hybridized carbons (Fsp3) is 0.250. The number of benzene rings is 1. The highest BCUT2D eigenvalue weighted by molar-refractivity contribution is 6.31. The Morgan fingerprint density at radius 2 is 2.00 bits per heavy atom. The topological polar surface area (TPSA) is 74.6 Å². The van der Waals surface area contributed by atoms with Crippen LogP contribution in [0.2, 0.25) is 5.02 Å². The van der Waals surface area contributed by atoms with Crippen molar-refractivity contribution in [2.24, 2.45) is 0 Å². The molecule has 2 N–H and O–H groups in total. The number of nitrogens with zero attached hydrogens (tertiary/aromatic N) is 1. The van der Waals surface area contributed by atoms with E-state index in [0.29, 0.717) is 16.3 Å². The van der Waals surface area contributed by atoms with Crippen LogP contribution in [-0.4, -0.2) is 32.0 Å². The first kappa shape index (κ1) is 16.9. The highest BCUT2D eigenvalue weighted by Crippen LogP contribution is 2.27. The summed E-state index contributed by atoms with van der Waals surface area (Å²) in [5, 5.41) is 5.90. The van der Waals surface area contributed by atoms with Crippen LogP contribution in [0.4, 0.5) is 11.4 Å². The number of hydrogen-bond acceptors (Lipinski definition) is 4. The third kappa shape index (κ3) is 4.26. The molecule has 7 heteroatoms. The van der Waals surface area contributed by atoms with Crippen molar-refractivity contribution in [1.29, 1.82) is 0 Å². The molecule has 0 radical (unpaired) electrons. The molecule has 0 saturated heterocycles. The molecular formula is C16H18ClN3O3. The van der Waals surface area contributed by atoms with E-state index in [1.165, 1.54) is 18.6 Å². The minimum absolute atomic E-state index is 0.341. The molecule has 2 aromatic rings. The number of amides is 2. The molecule has 0 spiro atoms. The Bertz CT molecular complexity index is 699. The van der Waals surface area contributed by atoms with Gasteiger partial charge < -0.3 is 20.0 Å². The third-order valence-electron chi connectivity index (χ3n) is 3.22. The van der Waals surface area contributed by atoms with E-state index in [4.69, 9.17) is 16.0 Å². The van der Waals surface area contributed by atoms with Crippen molar-refractivity contribution in [1.82, 2.24) is 5.32 Å². The van der Waals surface area contributed by atoms with Gasteiger partial charge in [0.05, 0.1) is 23.2 Å². The second-order valence-electron chi connectivity index (χ2n) is 5.25. The third-order valence-corrected chi connectivity index (χ3v) is 3.46. The van der Waals surface area contributed by atoms with E-state index in [-0.39, 0.29) is 11.8 Å². The summed E-state index contributed by atoms with van der Waals surface area (Å²) in [6, 6.07) is 6.04. The first-order valence-electron chi connectivity index (χ1n) is 6.99. The van der Waals surface area contributed by atoms with E-state index in [0.717, 1.165) is 5.69 Å². The quantitative estimate of drug-likeness (QED) is 0.881. The number of carbonyl (C=O) groups is 2. The molecule has 0 aliphatic heterocycles. The fourth-order valence-electron chi connectivity index (χ4n) is 1.98. The lowest BCUT2D eigenvalue weighted by Gasteiger charge is -2.20. The summed E-state index contributed by atoms with van der Waals surface area (Å²) in [7, 11) is 3.73. The monoisotopic (exact) mass is 335 g/mol. The lowest BCUT2D eigenvalue weighted by molar-refractivity contribution is -0.117. The molecule has 2 amide bonds. The zero-order chi connectivity index (χ0) is 17.0. The summed E-state index contributed by atoms with van der Waals surface area (Å²) >= 11 is 5.99. The molecule has 0 aliphatic carbocycles. The van der Waals surface area contributed by atoms with Gasteiger partial charge in [0.1, 0.15) is 12.3 Å². The Balaban J connectivity index is 2.06. The maximum atomic E-state index is 12.3. The molecule has 1 aromatic heterocycles. The minimum atomic E-state index is -0.716. The van der Waals surface area contributed by atoms with Gasteiger partial charge in [0.15, 0.2) is 0 Å². The van der Waals surface area contributed by atoms with Gasteiger partial charge in [-0.25, -0.2) is 0 Å². The lowest BCUT2D eigenvalue weighted by atomic mass is 10.2. The van der Waals surface area contributed by atoms with Gasteiger partial charge in [-0.2, -0.15) is 0 Å². The van der Waals surface area contributed by atoms with Gasteiger partial charge in [-0.3, -0.25) is 9.59 Å². The number of furan rings is 1. The highest BCUT2D eigenvalue weighted by atomic mass is 35.5.